The fourth-order valence-corrected chi connectivity index (χ4v) is 1.84. The molecule has 0 radical (unpaired) electrons. The first-order valence-electron chi connectivity index (χ1n) is 5.12. The number of carbonyl (C=O) groups is 1. The quantitative estimate of drug-likeness (QED) is 0.714. The highest BCUT2D eigenvalue weighted by Crippen LogP contribution is 2.09. The summed E-state index contributed by atoms with van der Waals surface area (Å²) in [5.74, 6) is -0.188. The van der Waals surface area contributed by atoms with Crippen LogP contribution in [0.5, 0.6) is 0 Å². The molecule has 1 saturated heterocycles. The van der Waals surface area contributed by atoms with Crippen molar-refractivity contribution in [1.82, 2.24) is 9.80 Å². The summed E-state index contributed by atoms with van der Waals surface area (Å²) < 4.78 is 4.62. The van der Waals surface area contributed by atoms with Crippen LogP contribution in [0, 0.1) is 0 Å². The Labute approximate surface area is 106 Å². The molecule has 1 aliphatic rings. The molecule has 1 aliphatic heterocycles. The molecule has 0 aromatic heterocycles. The number of nitrogens with zero attached hydrogens (tertiary/aromatic N) is 2. The predicted molar refractivity (Wildman–Crippen MR) is 64.7 cm³/mol. The van der Waals surface area contributed by atoms with Gasteiger partial charge in [0.25, 0.3) is 0 Å². The molecule has 92 valence electrons. The number of hydrogen-bond acceptors (Lipinski definition) is 4. The molecule has 0 N–H and O–H groups in total. The van der Waals surface area contributed by atoms with Crippen LogP contribution >= 0.6 is 23.2 Å². The van der Waals surface area contributed by atoms with Gasteiger partial charge in [-0.25, -0.2) is 0 Å². The molecule has 0 aliphatic carbocycles. The summed E-state index contributed by atoms with van der Waals surface area (Å²) in [7, 11) is 1.41. The van der Waals surface area contributed by atoms with E-state index >= 15 is 0 Å². The van der Waals surface area contributed by atoms with Gasteiger partial charge in [0, 0.05) is 43.3 Å². The third-order valence-electron chi connectivity index (χ3n) is 2.54. The largest absolute Gasteiger partial charge is 0.468 e. The standard InChI is InChI=1S/C10H16Cl2N2O2/c1-16-10(15)8-14-4-2-13(3-5-14)7-9(12)6-11/h6H,2-5,7-8H2,1H3/b9-6-. The highest BCUT2D eigenvalue weighted by Gasteiger charge is 2.19. The number of methoxy groups -OCH3 is 1. The average molecular weight is 267 g/mol. The van der Waals surface area contributed by atoms with Crippen LogP contribution in [0.2, 0.25) is 0 Å². The predicted octanol–water partition coefficient (Wildman–Crippen LogP) is 1.10. The van der Waals surface area contributed by atoms with E-state index in [0.29, 0.717) is 18.1 Å². The van der Waals surface area contributed by atoms with Gasteiger partial charge in [-0.15, -0.1) is 0 Å². The molecular weight excluding hydrogens is 251 g/mol. The van der Waals surface area contributed by atoms with Crippen molar-refractivity contribution in [2.75, 3.05) is 46.4 Å². The maximum atomic E-state index is 11.1. The summed E-state index contributed by atoms with van der Waals surface area (Å²) in [6.45, 7) is 4.51. The highest BCUT2D eigenvalue weighted by molar-refractivity contribution is 6.36. The number of rotatable bonds is 4. The second-order valence-corrected chi connectivity index (χ2v) is 4.39. The lowest BCUT2D eigenvalue weighted by atomic mass is 10.3. The zero-order valence-corrected chi connectivity index (χ0v) is 10.8. The van der Waals surface area contributed by atoms with Crippen LogP contribution in [-0.2, 0) is 9.53 Å². The molecule has 0 spiro atoms. The molecule has 0 saturated carbocycles. The number of ether oxygens (including phenoxy) is 1. The summed E-state index contributed by atoms with van der Waals surface area (Å²) in [6, 6.07) is 0. The van der Waals surface area contributed by atoms with Crippen LogP contribution in [0.25, 0.3) is 0 Å². The molecule has 1 rings (SSSR count). The van der Waals surface area contributed by atoms with Gasteiger partial charge in [0.2, 0.25) is 0 Å². The van der Waals surface area contributed by atoms with E-state index < -0.39 is 0 Å². The van der Waals surface area contributed by atoms with Gasteiger partial charge >= 0.3 is 5.97 Å². The summed E-state index contributed by atoms with van der Waals surface area (Å²) in [4.78, 5) is 15.3. The van der Waals surface area contributed by atoms with Crippen LogP contribution in [0.15, 0.2) is 10.6 Å². The Morgan fingerprint density at radius 1 is 1.25 bits per heavy atom. The summed E-state index contributed by atoms with van der Waals surface area (Å²) >= 11 is 11.3. The molecule has 6 heteroatoms. The summed E-state index contributed by atoms with van der Waals surface area (Å²) in [5, 5.41) is 0.642. The van der Waals surface area contributed by atoms with Gasteiger partial charge in [0.05, 0.1) is 13.7 Å². The van der Waals surface area contributed by atoms with Crippen molar-refractivity contribution in [3.63, 3.8) is 0 Å². The van der Waals surface area contributed by atoms with Gasteiger partial charge in [-0.2, -0.15) is 0 Å². The molecule has 1 fully saturated rings. The van der Waals surface area contributed by atoms with Crippen molar-refractivity contribution < 1.29 is 9.53 Å². The minimum Gasteiger partial charge on any atom is -0.468 e. The Bertz CT molecular complexity index is 264. The second-order valence-electron chi connectivity index (χ2n) is 3.68. The third kappa shape index (κ3) is 4.70. The van der Waals surface area contributed by atoms with Gasteiger partial charge in [-0.1, -0.05) is 23.2 Å². The van der Waals surface area contributed by atoms with Crippen molar-refractivity contribution in [2.45, 2.75) is 0 Å². The molecule has 1 heterocycles. The van der Waals surface area contributed by atoms with E-state index in [1.54, 1.807) is 0 Å². The van der Waals surface area contributed by atoms with Crippen molar-refractivity contribution >= 4 is 29.2 Å². The maximum absolute atomic E-state index is 11.1. The number of piperazine rings is 1. The average Bonchev–Trinajstić information content (AvgIpc) is 2.31. The van der Waals surface area contributed by atoms with Crippen LogP contribution in [0.4, 0.5) is 0 Å². The van der Waals surface area contributed by atoms with Crippen molar-refractivity contribution in [2.24, 2.45) is 0 Å². The SMILES string of the molecule is COC(=O)CN1CCN(C/C(Cl)=C/Cl)CC1. The Kier molecular flexibility index (Phi) is 6.13. The van der Waals surface area contributed by atoms with Crippen molar-refractivity contribution in [1.29, 1.82) is 0 Å². The zero-order valence-electron chi connectivity index (χ0n) is 9.29. The molecule has 0 aromatic carbocycles. The lowest BCUT2D eigenvalue weighted by Crippen LogP contribution is -2.48. The molecule has 0 unspecified atom stereocenters. The van der Waals surface area contributed by atoms with Crippen LogP contribution in [0.3, 0.4) is 0 Å². The molecule has 0 aromatic rings. The van der Waals surface area contributed by atoms with E-state index in [9.17, 15) is 4.79 Å². The highest BCUT2D eigenvalue weighted by atomic mass is 35.5. The Morgan fingerprint density at radius 3 is 2.19 bits per heavy atom. The first-order chi connectivity index (χ1) is 7.65. The zero-order chi connectivity index (χ0) is 12.0. The van der Waals surface area contributed by atoms with Crippen LogP contribution < -0.4 is 0 Å². The molecular formula is C10H16Cl2N2O2. The smallest absolute Gasteiger partial charge is 0.319 e. The first kappa shape index (κ1) is 13.8. The lowest BCUT2D eigenvalue weighted by molar-refractivity contribution is -0.142. The fraction of sp³-hybridized carbons (Fsp3) is 0.700. The Balaban J connectivity index is 2.26. The summed E-state index contributed by atoms with van der Waals surface area (Å²) in [5.41, 5.74) is 1.39. The van der Waals surface area contributed by atoms with Crippen molar-refractivity contribution in [3.8, 4) is 0 Å². The molecule has 0 amide bonds. The maximum Gasteiger partial charge on any atom is 0.319 e. The van der Waals surface area contributed by atoms with E-state index in [1.165, 1.54) is 12.6 Å². The van der Waals surface area contributed by atoms with E-state index in [-0.39, 0.29) is 5.97 Å². The summed E-state index contributed by atoms with van der Waals surface area (Å²) in [6.07, 6.45) is 0. The number of carbonyl (C=O) groups excluding carboxylic acids is 1. The third-order valence-corrected chi connectivity index (χ3v) is 3.14. The second kappa shape index (κ2) is 7.12. The lowest BCUT2D eigenvalue weighted by Gasteiger charge is -2.33. The normalized spacial score (nSPS) is 19.8. The van der Waals surface area contributed by atoms with E-state index in [0.717, 1.165) is 26.2 Å². The number of halogens is 2. The minimum absolute atomic E-state index is 0.188. The molecule has 16 heavy (non-hydrogen) atoms. The van der Waals surface area contributed by atoms with Gasteiger partial charge in [-0.05, 0) is 0 Å². The fourth-order valence-electron chi connectivity index (χ4n) is 1.60. The number of esters is 1. The molecule has 0 atom stereocenters. The monoisotopic (exact) mass is 266 g/mol. The molecule has 4 nitrogen and oxygen atoms in total. The van der Waals surface area contributed by atoms with Crippen molar-refractivity contribution in [3.05, 3.63) is 10.6 Å². The van der Waals surface area contributed by atoms with Crippen LogP contribution in [-0.4, -0.2) is 62.1 Å². The Morgan fingerprint density at radius 2 is 1.75 bits per heavy atom. The van der Waals surface area contributed by atoms with Gasteiger partial charge in [-0.3, -0.25) is 14.6 Å². The van der Waals surface area contributed by atoms with Gasteiger partial charge in [0.15, 0.2) is 0 Å². The molecule has 0 bridgehead atoms. The van der Waals surface area contributed by atoms with E-state index in [4.69, 9.17) is 23.2 Å². The van der Waals surface area contributed by atoms with Gasteiger partial charge in [0.1, 0.15) is 0 Å². The van der Waals surface area contributed by atoms with Gasteiger partial charge < -0.3 is 4.74 Å². The first-order valence-corrected chi connectivity index (χ1v) is 5.93. The van der Waals surface area contributed by atoms with E-state index in [2.05, 4.69) is 14.5 Å². The minimum atomic E-state index is -0.188. The van der Waals surface area contributed by atoms with Crippen LogP contribution in [0.1, 0.15) is 0 Å². The van der Waals surface area contributed by atoms with E-state index in [1.807, 2.05) is 0 Å². The number of hydrogen-bond donors (Lipinski definition) is 0. The topological polar surface area (TPSA) is 32.8 Å². The Hall–Kier alpha value is -0.290.